The maximum absolute atomic E-state index is 12.6. The minimum Gasteiger partial charge on any atom is -0.480 e. The molecule has 1 aromatic carbocycles. The smallest absolute Gasteiger partial charge is 0.321 e. The van der Waals surface area contributed by atoms with E-state index in [1.807, 2.05) is 0 Å². The zero-order chi connectivity index (χ0) is 12.4. The monoisotopic (exact) mass is 241 g/mol. The van der Waals surface area contributed by atoms with E-state index < -0.39 is 18.4 Å². The first-order valence-electron chi connectivity index (χ1n) is 5.44. The highest BCUT2D eigenvalue weighted by molar-refractivity contribution is 5.75. The van der Waals surface area contributed by atoms with Crippen LogP contribution >= 0.6 is 0 Å². The van der Waals surface area contributed by atoms with Gasteiger partial charge in [0.15, 0.2) is 0 Å². The Morgan fingerprint density at radius 3 is 2.88 bits per heavy atom. The summed E-state index contributed by atoms with van der Waals surface area (Å²) >= 11 is 0. The molecule has 92 valence electrons. The average Bonchev–Trinajstić information content (AvgIpc) is 2.78. The van der Waals surface area contributed by atoms with Gasteiger partial charge in [0.05, 0.1) is 0 Å². The number of aliphatic carboxylic acids is 1. The number of hydrogen-bond donors (Lipinski definition) is 2. The molecule has 0 saturated carbocycles. The molecule has 1 aliphatic rings. The molecule has 0 amide bonds. The van der Waals surface area contributed by atoms with Crippen molar-refractivity contribution < 1.29 is 18.7 Å². The molecule has 5 heteroatoms. The summed E-state index contributed by atoms with van der Waals surface area (Å²) in [5, 5.41) is 11.9. The minimum atomic E-state index is -2.52. The third-order valence-corrected chi connectivity index (χ3v) is 3.08. The van der Waals surface area contributed by atoms with Gasteiger partial charge in [-0.3, -0.25) is 4.79 Å². The van der Waals surface area contributed by atoms with Gasteiger partial charge in [-0.1, -0.05) is 18.2 Å². The summed E-state index contributed by atoms with van der Waals surface area (Å²) < 4.78 is 25.1. The van der Waals surface area contributed by atoms with Gasteiger partial charge < -0.3 is 10.4 Å². The maximum atomic E-state index is 12.6. The van der Waals surface area contributed by atoms with Crippen molar-refractivity contribution in [2.24, 2.45) is 0 Å². The molecule has 3 nitrogen and oxygen atoms in total. The van der Waals surface area contributed by atoms with Gasteiger partial charge in [-0.2, -0.15) is 0 Å². The lowest BCUT2D eigenvalue weighted by atomic mass is 9.91. The summed E-state index contributed by atoms with van der Waals surface area (Å²) in [5.74, 6) is -1.17. The Kier molecular flexibility index (Phi) is 3.38. The van der Waals surface area contributed by atoms with Crippen LogP contribution in [0.15, 0.2) is 24.3 Å². The van der Waals surface area contributed by atoms with Gasteiger partial charge in [0, 0.05) is 11.5 Å². The summed E-state index contributed by atoms with van der Waals surface area (Å²) in [7, 11) is 0. The topological polar surface area (TPSA) is 49.3 Å². The molecule has 0 bridgehead atoms. The molecule has 0 spiro atoms. The Balaban J connectivity index is 2.27. The van der Waals surface area contributed by atoms with Crippen LogP contribution in [0, 0.1) is 0 Å². The van der Waals surface area contributed by atoms with Crippen LogP contribution in [0.4, 0.5) is 8.78 Å². The Hall–Kier alpha value is -1.49. The Bertz CT molecular complexity index is 423. The number of carbonyl (C=O) groups is 1. The van der Waals surface area contributed by atoms with Gasteiger partial charge >= 0.3 is 5.97 Å². The van der Waals surface area contributed by atoms with E-state index in [0.29, 0.717) is 18.5 Å². The summed E-state index contributed by atoms with van der Waals surface area (Å²) in [6.45, 7) is 0.598. The SMILES string of the molecule is O=C(O)C1NCCC1c1cccc(C(F)F)c1. The number of hydrogen-bond acceptors (Lipinski definition) is 2. The molecule has 2 atom stereocenters. The molecule has 17 heavy (non-hydrogen) atoms. The third kappa shape index (κ3) is 2.44. The van der Waals surface area contributed by atoms with Gasteiger partial charge in [0.1, 0.15) is 6.04 Å². The van der Waals surface area contributed by atoms with Crippen LogP contribution in [0.1, 0.15) is 29.9 Å². The number of benzene rings is 1. The van der Waals surface area contributed by atoms with Gasteiger partial charge in [0.2, 0.25) is 0 Å². The molecule has 1 saturated heterocycles. The van der Waals surface area contributed by atoms with Crippen LogP contribution in [0.25, 0.3) is 0 Å². The summed E-state index contributed by atoms with van der Waals surface area (Å²) in [5.41, 5.74) is 0.610. The average molecular weight is 241 g/mol. The van der Waals surface area contributed by atoms with Crippen molar-refractivity contribution in [2.45, 2.75) is 24.8 Å². The van der Waals surface area contributed by atoms with E-state index in [1.54, 1.807) is 12.1 Å². The summed E-state index contributed by atoms with van der Waals surface area (Å²) in [6, 6.07) is 5.33. The highest BCUT2D eigenvalue weighted by atomic mass is 19.3. The molecule has 1 heterocycles. The van der Waals surface area contributed by atoms with E-state index in [4.69, 9.17) is 5.11 Å². The van der Waals surface area contributed by atoms with Crippen molar-refractivity contribution in [1.29, 1.82) is 0 Å². The van der Waals surface area contributed by atoms with Crippen LogP contribution in [-0.4, -0.2) is 23.7 Å². The van der Waals surface area contributed by atoms with E-state index in [9.17, 15) is 13.6 Å². The number of carboxylic acid groups (broad SMARTS) is 1. The van der Waals surface area contributed by atoms with Crippen molar-refractivity contribution in [2.75, 3.05) is 6.54 Å². The fourth-order valence-electron chi connectivity index (χ4n) is 2.25. The van der Waals surface area contributed by atoms with Crippen molar-refractivity contribution in [1.82, 2.24) is 5.32 Å². The molecule has 0 radical (unpaired) electrons. The normalized spacial score (nSPS) is 24.2. The highest BCUT2D eigenvalue weighted by Crippen LogP contribution is 2.30. The molecule has 1 aliphatic heterocycles. The van der Waals surface area contributed by atoms with E-state index in [-0.39, 0.29) is 11.5 Å². The van der Waals surface area contributed by atoms with E-state index in [1.165, 1.54) is 12.1 Å². The van der Waals surface area contributed by atoms with Gasteiger partial charge in [-0.05, 0) is 24.6 Å². The Morgan fingerprint density at radius 2 is 2.24 bits per heavy atom. The summed E-state index contributed by atoms with van der Waals surface area (Å²) in [6.07, 6.45) is -1.86. The second-order valence-electron chi connectivity index (χ2n) is 4.14. The Labute approximate surface area is 97.5 Å². The van der Waals surface area contributed by atoms with E-state index in [2.05, 4.69) is 5.32 Å². The fourth-order valence-corrected chi connectivity index (χ4v) is 2.25. The number of rotatable bonds is 3. The zero-order valence-electron chi connectivity index (χ0n) is 9.07. The summed E-state index contributed by atoms with van der Waals surface area (Å²) in [4.78, 5) is 11.0. The second kappa shape index (κ2) is 4.79. The third-order valence-electron chi connectivity index (χ3n) is 3.08. The largest absolute Gasteiger partial charge is 0.480 e. The Morgan fingerprint density at radius 1 is 1.47 bits per heavy atom. The highest BCUT2D eigenvalue weighted by Gasteiger charge is 2.33. The van der Waals surface area contributed by atoms with Gasteiger partial charge in [-0.15, -0.1) is 0 Å². The molecule has 2 N–H and O–H groups in total. The zero-order valence-corrected chi connectivity index (χ0v) is 9.07. The lowest BCUT2D eigenvalue weighted by molar-refractivity contribution is -0.139. The number of halogens is 2. The first-order valence-corrected chi connectivity index (χ1v) is 5.44. The predicted molar refractivity (Wildman–Crippen MR) is 58.2 cm³/mol. The first kappa shape index (κ1) is 12.0. The fraction of sp³-hybridized carbons (Fsp3) is 0.417. The maximum Gasteiger partial charge on any atom is 0.321 e. The molecular formula is C12H13F2NO2. The van der Waals surface area contributed by atoms with Crippen LogP contribution in [0.2, 0.25) is 0 Å². The number of nitrogens with one attached hydrogen (secondary N) is 1. The van der Waals surface area contributed by atoms with Gasteiger partial charge in [-0.25, -0.2) is 8.78 Å². The van der Waals surface area contributed by atoms with Gasteiger partial charge in [0.25, 0.3) is 6.43 Å². The number of alkyl halides is 2. The lowest BCUT2D eigenvalue weighted by Gasteiger charge is -2.16. The molecule has 1 fully saturated rings. The predicted octanol–water partition coefficient (Wildman–Crippen LogP) is 2.15. The molecule has 0 aliphatic carbocycles. The minimum absolute atomic E-state index is 0.0569. The van der Waals surface area contributed by atoms with E-state index >= 15 is 0 Å². The van der Waals surface area contributed by atoms with Crippen molar-refractivity contribution in [3.05, 3.63) is 35.4 Å². The lowest BCUT2D eigenvalue weighted by Crippen LogP contribution is -2.34. The van der Waals surface area contributed by atoms with Crippen LogP contribution < -0.4 is 5.32 Å². The first-order chi connectivity index (χ1) is 8.09. The second-order valence-corrected chi connectivity index (χ2v) is 4.14. The molecular weight excluding hydrogens is 228 g/mol. The standard InChI is InChI=1S/C12H13F2NO2/c13-11(14)8-3-1-2-7(6-8)9-4-5-15-10(9)12(16)17/h1-3,6,9-11,15H,4-5H2,(H,16,17). The molecule has 2 rings (SSSR count). The molecule has 0 aromatic heterocycles. The molecule has 2 unspecified atom stereocenters. The van der Waals surface area contributed by atoms with Crippen molar-refractivity contribution in [3.8, 4) is 0 Å². The quantitative estimate of drug-likeness (QED) is 0.852. The number of carboxylic acids is 1. The van der Waals surface area contributed by atoms with Crippen molar-refractivity contribution in [3.63, 3.8) is 0 Å². The van der Waals surface area contributed by atoms with Crippen LogP contribution in [0.5, 0.6) is 0 Å². The molecule has 1 aromatic rings. The van der Waals surface area contributed by atoms with Crippen LogP contribution in [-0.2, 0) is 4.79 Å². The van der Waals surface area contributed by atoms with Crippen LogP contribution in [0.3, 0.4) is 0 Å². The van der Waals surface area contributed by atoms with Crippen molar-refractivity contribution >= 4 is 5.97 Å². The van der Waals surface area contributed by atoms with E-state index in [0.717, 1.165) is 0 Å².